The van der Waals surface area contributed by atoms with E-state index in [-0.39, 0.29) is 5.91 Å². The van der Waals surface area contributed by atoms with Crippen molar-refractivity contribution in [3.05, 3.63) is 17.2 Å². The number of nitrogens with zero attached hydrogens (tertiary/aromatic N) is 1. The van der Waals surface area contributed by atoms with Crippen LogP contribution < -0.4 is 5.32 Å². The number of unbranched alkanes of at least 4 members (excludes halogenated alkanes) is 2. The van der Waals surface area contributed by atoms with Crippen molar-refractivity contribution in [3.8, 4) is 0 Å². The quantitative estimate of drug-likeness (QED) is 0.588. The van der Waals surface area contributed by atoms with E-state index >= 15 is 0 Å². The van der Waals surface area contributed by atoms with Crippen LogP contribution in [0.25, 0.3) is 6.08 Å². The van der Waals surface area contributed by atoms with Crippen LogP contribution in [0.4, 0.5) is 5.13 Å². The molecule has 0 unspecified atom stereocenters. The number of carbonyl (C=O) groups excluding carboxylic acids is 1. The predicted molar refractivity (Wildman–Crippen MR) is 71.6 cm³/mol. The van der Waals surface area contributed by atoms with E-state index in [2.05, 4.69) is 17.2 Å². The minimum absolute atomic E-state index is 0.0495. The van der Waals surface area contributed by atoms with Gasteiger partial charge in [0.15, 0.2) is 5.13 Å². The minimum atomic E-state index is -1.01. The lowest BCUT2D eigenvalue weighted by Crippen LogP contribution is -2.10. The van der Waals surface area contributed by atoms with E-state index < -0.39 is 5.97 Å². The summed E-state index contributed by atoms with van der Waals surface area (Å²) in [6, 6.07) is 0. The number of anilines is 1. The number of thiazole rings is 1. The van der Waals surface area contributed by atoms with Gasteiger partial charge < -0.3 is 10.4 Å². The molecule has 0 aromatic carbocycles. The minimum Gasteiger partial charge on any atom is -0.478 e. The van der Waals surface area contributed by atoms with Gasteiger partial charge in [-0.15, -0.1) is 0 Å². The lowest BCUT2D eigenvalue weighted by atomic mass is 10.2. The lowest BCUT2D eigenvalue weighted by Gasteiger charge is -1.99. The molecule has 1 aromatic rings. The van der Waals surface area contributed by atoms with Gasteiger partial charge in [-0.2, -0.15) is 0 Å². The molecule has 0 saturated carbocycles. The van der Waals surface area contributed by atoms with Crippen molar-refractivity contribution in [2.24, 2.45) is 0 Å². The van der Waals surface area contributed by atoms with Gasteiger partial charge in [0.05, 0.1) is 0 Å². The van der Waals surface area contributed by atoms with E-state index in [9.17, 15) is 9.59 Å². The highest BCUT2D eigenvalue weighted by atomic mass is 32.1. The van der Waals surface area contributed by atoms with Crippen molar-refractivity contribution >= 4 is 34.4 Å². The maximum Gasteiger partial charge on any atom is 0.328 e. The van der Waals surface area contributed by atoms with Crippen molar-refractivity contribution in [1.82, 2.24) is 4.98 Å². The summed E-state index contributed by atoms with van der Waals surface area (Å²) in [4.78, 5) is 26.5. The van der Waals surface area contributed by atoms with Crippen molar-refractivity contribution in [2.45, 2.75) is 32.6 Å². The standard InChI is InChI=1S/C12H16N2O3S/c1-2-3-4-5-10(15)14-12-13-8-9(18-12)6-7-11(16)17/h6-8H,2-5H2,1H3,(H,16,17)(H,13,14,15)/b7-6+. The number of aliphatic carboxylic acids is 1. The molecule has 0 spiro atoms. The summed E-state index contributed by atoms with van der Waals surface area (Å²) in [5.41, 5.74) is 0. The second-order valence-electron chi connectivity index (χ2n) is 3.74. The molecule has 1 aromatic heterocycles. The second kappa shape index (κ2) is 7.60. The van der Waals surface area contributed by atoms with Gasteiger partial charge in [0.1, 0.15) is 0 Å². The largest absolute Gasteiger partial charge is 0.478 e. The zero-order valence-corrected chi connectivity index (χ0v) is 11.0. The summed E-state index contributed by atoms with van der Waals surface area (Å²) in [6.45, 7) is 2.08. The summed E-state index contributed by atoms with van der Waals surface area (Å²) >= 11 is 1.25. The fourth-order valence-corrected chi connectivity index (χ4v) is 2.03. The van der Waals surface area contributed by atoms with Crippen LogP contribution in [0.3, 0.4) is 0 Å². The van der Waals surface area contributed by atoms with Crippen molar-refractivity contribution < 1.29 is 14.7 Å². The van der Waals surface area contributed by atoms with Crippen LogP contribution in [-0.2, 0) is 9.59 Å². The molecule has 0 bridgehead atoms. The molecule has 0 aliphatic heterocycles. The zero-order valence-electron chi connectivity index (χ0n) is 10.2. The Morgan fingerprint density at radius 3 is 2.94 bits per heavy atom. The van der Waals surface area contributed by atoms with Gasteiger partial charge in [0.2, 0.25) is 5.91 Å². The average molecular weight is 268 g/mol. The molecule has 0 saturated heterocycles. The maximum absolute atomic E-state index is 11.5. The van der Waals surface area contributed by atoms with Crippen LogP contribution in [0.5, 0.6) is 0 Å². The molecule has 2 N–H and O–H groups in total. The molecule has 0 fully saturated rings. The summed E-state index contributed by atoms with van der Waals surface area (Å²) in [5.74, 6) is -1.06. The highest BCUT2D eigenvalue weighted by molar-refractivity contribution is 7.16. The number of carboxylic acid groups (broad SMARTS) is 1. The number of nitrogens with one attached hydrogen (secondary N) is 1. The number of rotatable bonds is 7. The first-order valence-electron chi connectivity index (χ1n) is 5.78. The maximum atomic E-state index is 11.5. The van der Waals surface area contributed by atoms with E-state index in [4.69, 9.17) is 5.11 Å². The van der Waals surface area contributed by atoms with E-state index in [1.807, 2.05) is 0 Å². The molecule has 0 aliphatic rings. The highest BCUT2D eigenvalue weighted by Crippen LogP contribution is 2.19. The van der Waals surface area contributed by atoms with Gasteiger partial charge in [-0.3, -0.25) is 4.79 Å². The topological polar surface area (TPSA) is 79.3 Å². The Kier molecular flexibility index (Phi) is 6.07. The van der Waals surface area contributed by atoms with Crippen molar-refractivity contribution in [2.75, 3.05) is 5.32 Å². The van der Waals surface area contributed by atoms with Gasteiger partial charge in [0, 0.05) is 23.6 Å². The Morgan fingerprint density at radius 1 is 1.50 bits per heavy atom. The third-order valence-electron chi connectivity index (χ3n) is 2.17. The average Bonchev–Trinajstić information content (AvgIpc) is 2.74. The molecule has 0 radical (unpaired) electrons. The summed E-state index contributed by atoms with van der Waals surface area (Å²) < 4.78 is 0. The molecule has 6 heteroatoms. The van der Waals surface area contributed by atoms with E-state index in [1.54, 1.807) is 0 Å². The fraction of sp³-hybridized carbons (Fsp3) is 0.417. The molecular weight excluding hydrogens is 252 g/mol. The number of hydrogen-bond donors (Lipinski definition) is 2. The van der Waals surface area contributed by atoms with Gasteiger partial charge in [-0.05, 0) is 12.5 Å². The van der Waals surface area contributed by atoms with Gasteiger partial charge >= 0.3 is 5.97 Å². The normalized spacial score (nSPS) is 10.7. The van der Waals surface area contributed by atoms with Gasteiger partial charge in [-0.1, -0.05) is 31.1 Å². The van der Waals surface area contributed by atoms with Crippen molar-refractivity contribution in [3.63, 3.8) is 0 Å². The first-order valence-corrected chi connectivity index (χ1v) is 6.60. The van der Waals surface area contributed by atoms with Crippen LogP contribution in [0.15, 0.2) is 12.3 Å². The number of aromatic nitrogens is 1. The Hall–Kier alpha value is -1.69. The Balaban J connectivity index is 2.43. The first kappa shape index (κ1) is 14.4. The molecule has 1 heterocycles. The van der Waals surface area contributed by atoms with Gasteiger partial charge in [-0.25, -0.2) is 9.78 Å². The molecule has 5 nitrogen and oxygen atoms in total. The van der Waals surface area contributed by atoms with E-state index in [0.29, 0.717) is 16.4 Å². The Morgan fingerprint density at radius 2 is 2.28 bits per heavy atom. The zero-order chi connectivity index (χ0) is 13.4. The van der Waals surface area contributed by atoms with Crippen LogP contribution in [0.1, 0.15) is 37.5 Å². The Labute approximate surface area is 110 Å². The fourth-order valence-electron chi connectivity index (χ4n) is 1.29. The van der Waals surface area contributed by atoms with Crippen molar-refractivity contribution in [1.29, 1.82) is 0 Å². The molecule has 98 valence electrons. The molecule has 1 amide bonds. The lowest BCUT2D eigenvalue weighted by molar-refractivity contribution is -0.131. The molecule has 0 atom stereocenters. The molecule has 1 rings (SSSR count). The Bertz CT molecular complexity index is 440. The summed E-state index contributed by atoms with van der Waals surface area (Å²) in [6.07, 6.45) is 7.51. The van der Waals surface area contributed by atoms with Crippen LogP contribution in [0.2, 0.25) is 0 Å². The van der Waals surface area contributed by atoms with Crippen LogP contribution in [0, 0.1) is 0 Å². The number of carboxylic acids is 1. The van der Waals surface area contributed by atoms with Crippen LogP contribution in [-0.4, -0.2) is 22.0 Å². The van der Waals surface area contributed by atoms with E-state index in [1.165, 1.54) is 23.6 Å². The third kappa shape index (κ3) is 5.58. The first-order chi connectivity index (χ1) is 8.61. The van der Waals surface area contributed by atoms with E-state index in [0.717, 1.165) is 25.3 Å². The van der Waals surface area contributed by atoms with Gasteiger partial charge in [0.25, 0.3) is 0 Å². The van der Waals surface area contributed by atoms with Crippen LogP contribution >= 0.6 is 11.3 Å². The number of hydrogen-bond acceptors (Lipinski definition) is 4. The summed E-state index contributed by atoms with van der Waals surface area (Å²) in [5, 5.41) is 11.7. The third-order valence-corrected chi connectivity index (χ3v) is 3.05. The molecular formula is C12H16N2O3S. The molecule has 18 heavy (non-hydrogen) atoms. The number of carbonyl (C=O) groups is 2. The number of amides is 1. The smallest absolute Gasteiger partial charge is 0.328 e. The summed E-state index contributed by atoms with van der Waals surface area (Å²) in [7, 11) is 0. The molecule has 0 aliphatic carbocycles. The highest BCUT2D eigenvalue weighted by Gasteiger charge is 2.05. The second-order valence-corrected chi connectivity index (χ2v) is 4.81. The monoisotopic (exact) mass is 268 g/mol. The predicted octanol–water partition coefficient (Wildman–Crippen LogP) is 2.76. The SMILES string of the molecule is CCCCCC(=O)Nc1ncc(/C=C/C(=O)O)s1.